The summed E-state index contributed by atoms with van der Waals surface area (Å²) in [5, 5.41) is 6.55. The maximum Gasteiger partial charge on any atom is 0.345 e. The molecule has 4 aromatic rings. The number of aromatic nitrogens is 1. The lowest BCUT2D eigenvalue weighted by molar-refractivity contribution is 0.563. The van der Waals surface area contributed by atoms with E-state index in [4.69, 9.17) is 27.6 Å². The molecule has 2 heterocycles. The van der Waals surface area contributed by atoms with Crippen molar-refractivity contribution in [3.63, 3.8) is 0 Å². The second-order valence-corrected chi connectivity index (χ2v) is 7.13. The quantitative estimate of drug-likeness (QED) is 0.417. The Morgan fingerprint density at radius 3 is 2.81 bits per heavy atom. The summed E-state index contributed by atoms with van der Waals surface area (Å²) < 4.78 is 18.6. The Bertz CT molecular complexity index is 1190. The second kappa shape index (κ2) is 6.72. The average Bonchev–Trinajstić information content (AvgIpc) is 3.03. The van der Waals surface area contributed by atoms with Crippen molar-refractivity contribution in [1.82, 2.24) is 4.98 Å². The van der Waals surface area contributed by atoms with Crippen molar-refractivity contribution in [3.8, 4) is 11.3 Å². The van der Waals surface area contributed by atoms with Gasteiger partial charge in [0.25, 0.3) is 0 Å². The van der Waals surface area contributed by atoms with Crippen LogP contribution in [0, 0.1) is 5.82 Å². The molecule has 0 aliphatic carbocycles. The van der Waals surface area contributed by atoms with Crippen LogP contribution in [0.3, 0.4) is 0 Å². The van der Waals surface area contributed by atoms with Crippen molar-refractivity contribution in [2.24, 2.45) is 0 Å². The maximum atomic E-state index is 13.3. The fourth-order valence-corrected chi connectivity index (χ4v) is 3.76. The monoisotopic (exact) mass is 406 g/mol. The number of anilines is 2. The number of nitrogens with one attached hydrogen (secondary N) is 1. The normalized spacial score (nSPS) is 11.0. The molecule has 0 amide bonds. The van der Waals surface area contributed by atoms with Crippen molar-refractivity contribution in [2.45, 2.75) is 0 Å². The third-order valence-electron chi connectivity index (χ3n) is 3.61. The molecule has 2 aromatic carbocycles. The van der Waals surface area contributed by atoms with Gasteiger partial charge in [-0.2, -0.15) is 0 Å². The Balaban J connectivity index is 1.73. The summed E-state index contributed by atoms with van der Waals surface area (Å²) in [6.07, 6.45) is 0. The molecule has 0 saturated heterocycles. The lowest BCUT2D eigenvalue weighted by Gasteiger charge is -2.03. The molecular weight excluding hydrogens is 398 g/mol. The first-order valence-corrected chi connectivity index (χ1v) is 9.04. The molecule has 4 rings (SSSR count). The number of nitrogens with zero attached hydrogens (tertiary/aromatic N) is 1. The molecule has 0 bridgehead atoms. The molecular formula is C18H9Cl2FN2O2S. The molecule has 0 fully saturated rings. The van der Waals surface area contributed by atoms with Gasteiger partial charge in [0.2, 0.25) is 0 Å². The van der Waals surface area contributed by atoms with Gasteiger partial charge in [0, 0.05) is 21.5 Å². The number of hydrogen-bond donors (Lipinski definition) is 1. The van der Waals surface area contributed by atoms with Crippen LogP contribution in [-0.2, 0) is 0 Å². The molecule has 26 heavy (non-hydrogen) atoms. The standard InChI is InChI=1S/C18H9Cl2FN2O2S/c19-10-4-9-5-13(17(24)25-16(9)14(20)6-10)15-8-26-18(23-15)22-12-3-1-2-11(21)7-12/h1-8H,(H,22,23). The van der Waals surface area contributed by atoms with E-state index in [1.807, 2.05) is 0 Å². The van der Waals surface area contributed by atoms with E-state index in [1.54, 1.807) is 29.6 Å². The summed E-state index contributed by atoms with van der Waals surface area (Å²) in [4.78, 5) is 16.7. The highest BCUT2D eigenvalue weighted by Crippen LogP contribution is 2.31. The molecule has 2 aromatic heterocycles. The zero-order valence-electron chi connectivity index (χ0n) is 12.9. The zero-order chi connectivity index (χ0) is 18.3. The van der Waals surface area contributed by atoms with Gasteiger partial charge in [0.1, 0.15) is 5.82 Å². The van der Waals surface area contributed by atoms with Crippen molar-refractivity contribution >= 4 is 56.3 Å². The Morgan fingerprint density at radius 2 is 2.00 bits per heavy atom. The smallest absolute Gasteiger partial charge is 0.345 e. The van der Waals surface area contributed by atoms with Crippen LogP contribution in [0.2, 0.25) is 10.0 Å². The predicted molar refractivity (Wildman–Crippen MR) is 103 cm³/mol. The third-order valence-corrected chi connectivity index (χ3v) is 4.86. The summed E-state index contributed by atoms with van der Waals surface area (Å²) in [6.45, 7) is 0. The lowest BCUT2D eigenvalue weighted by atomic mass is 10.1. The molecule has 0 radical (unpaired) electrons. The summed E-state index contributed by atoms with van der Waals surface area (Å²) in [7, 11) is 0. The molecule has 0 spiro atoms. The van der Waals surface area contributed by atoms with Crippen LogP contribution in [0.1, 0.15) is 0 Å². The first-order valence-electron chi connectivity index (χ1n) is 7.41. The van der Waals surface area contributed by atoms with Crippen molar-refractivity contribution in [2.75, 3.05) is 5.32 Å². The molecule has 0 atom stereocenters. The largest absolute Gasteiger partial charge is 0.421 e. The third kappa shape index (κ3) is 3.31. The van der Waals surface area contributed by atoms with E-state index in [0.717, 1.165) is 0 Å². The Morgan fingerprint density at radius 1 is 1.15 bits per heavy atom. The number of halogens is 3. The van der Waals surface area contributed by atoms with Gasteiger partial charge < -0.3 is 9.73 Å². The van der Waals surface area contributed by atoms with Crippen molar-refractivity contribution < 1.29 is 8.81 Å². The topological polar surface area (TPSA) is 55.1 Å². The Labute approximate surface area is 160 Å². The SMILES string of the molecule is O=c1oc2c(Cl)cc(Cl)cc2cc1-c1csc(Nc2cccc(F)c2)n1. The first kappa shape index (κ1) is 17.0. The number of thiazole rings is 1. The molecule has 8 heteroatoms. The number of benzene rings is 2. The lowest BCUT2D eigenvalue weighted by Crippen LogP contribution is -2.03. The van der Waals surface area contributed by atoms with E-state index in [1.165, 1.54) is 29.5 Å². The number of hydrogen-bond acceptors (Lipinski definition) is 5. The van der Waals surface area contributed by atoms with Crippen LogP contribution in [0.15, 0.2) is 57.1 Å². The van der Waals surface area contributed by atoms with E-state index in [0.29, 0.717) is 32.5 Å². The van der Waals surface area contributed by atoms with Crippen LogP contribution in [0.4, 0.5) is 15.2 Å². The van der Waals surface area contributed by atoms with Gasteiger partial charge in [-0.1, -0.05) is 29.3 Å². The van der Waals surface area contributed by atoms with Gasteiger partial charge in [0.05, 0.1) is 16.3 Å². The van der Waals surface area contributed by atoms with E-state index in [-0.39, 0.29) is 16.4 Å². The molecule has 0 aliphatic rings. The zero-order valence-corrected chi connectivity index (χ0v) is 15.3. The van der Waals surface area contributed by atoms with Crippen LogP contribution < -0.4 is 10.9 Å². The predicted octanol–water partition coefficient (Wildman–Crippen LogP) is 6.11. The Kier molecular flexibility index (Phi) is 4.40. The van der Waals surface area contributed by atoms with E-state index < -0.39 is 5.63 Å². The number of fused-ring (bicyclic) bond motifs is 1. The minimum Gasteiger partial charge on any atom is -0.421 e. The molecule has 0 unspecified atom stereocenters. The van der Waals surface area contributed by atoms with Crippen LogP contribution in [0.25, 0.3) is 22.2 Å². The van der Waals surface area contributed by atoms with Crippen molar-refractivity contribution in [1.29, 1.82) is 0 Å². The molecule has 4 nitrogen and oxygen atoms in total. The minimum absolute atomic E-state index is 0.267. The Hall–Kier alpha value is -2.41. The van der Waals surface area contributed by atoms with Gasteiger partial charge in [-0.05, 0) is 36.4 Å². The van der Waals surface area contributed by atoms with Gasteiger partial charge in [-0.15, -0.1) is 11.3 Å². The summed E-state index contributed by atoms with van der Waals surface area (Å²) >= 11 is 13.4. The fraction of sp³-hybridized carbons (Fsp3) is 0. The van der Waals surface area contributed by atoms with E-state index in [2.05, 4.69) is 10.3 Å². The van der Waals surface area contributed by atoms with Crippen LogP contribution >= 0.6 is 34.5 Å². The second-order valence-electron chi connectivity index (χ2n) is 5.43. The maximum absolute atomic E-state index is 13.3. The molecule has 130 valence electrons. The van der Waals surface area contributed by atoms with Crippen LogP contribution in [-0.4, -0.2) is 4.98 Å². The van der Waals surface area contributed by atoms with Gasteiger partial charge in [0.15, 0.2) is 10.7 Å². The molecule has 1 N–H and O–H groups in total. The summed E-state index contributed by atoms with van der Waals surface area (Å²) in [6, 6.07) is 10.8. The highest BCUT2D eigenvalue weighted by Gasteiger charge is 2.14. The van der Waals surface area contributed by atoms with Gasteiger partial charge in [-0.25, -0.2) is 14.2 Å². The summed E-state index contributed by atoms with van der Waals surface area (Å²) in [5.41, 5.74) is 1.03. The highest BCUT2D eigenvalue weighted by molar-refractivity contribution is 7.14. The number of rotatable bonds is 3. The van der Waals surface area contributed by atoms with Gasteiger partial charge in [-0.3, -0.25) is 0 Å². The minimum atomic E-state index is -0.552. The van der Waals surface area contributed by atoms with Crippen molar-refractivity contribution in [3.05, 3.63) is 74.1 Å². The highest BCUT2D eigenvalue weighted by atomic mass is 35.5. The molecule has 0 saturated carbocycles. The first-order chi connectivity index (χ1) is 12.5. The van der Waals surface area contributed by atoms with E-state index >= 15 is 0 Å². The van der Waals surface area contributed by atoms with Crippen LogP contribution in [0.5, 0.6) is 0 Å². The van der Waals surface area contributed by atoms with Gasteiger partial charge >= 0.3 is 5.63 Å². The summed E-state index contributed by atoms with van der Waals surface area (Å²) in [5.74, 6) is -0.351. The molecule has 0 aliphatic heterocycles. The van der Waals surface area contributed by atoms with E-state index in [9.17, 15) is 9.18 Å². The fourth-order valence-electron chi connectivity index (χ4n) is 2.48. The average molecular weight is 407 g/mol.